The molecule has 2 rings (SSSR count). The van der Waals surface area contributed by atoms with Crippen LogP contribution in [0.25, 0.3) is 0 Å². The fourth-order valence-electron chi connectivity index (χ4n) is 2.53. The summed E-state index contributed by atoms with van der Waals surface area (Å²) < 4.78 is 5.15. The van der Waals surface area contributed by atoms with Crippen molar-refractivity contribution >= 4 is 27.8 Å². The number of hydrogen-bond acceptors (Lipinski definition) is 4. The molecule has 0 bridgehead atoms. The fourth-order valence-corrected chi connectivity index (χ4v) is 2.72. The van der Waals surface area contributed by atoms with Gasteiger partial charge in [-0.25, -0.2) is 4.79 Å². The van der Waals surface area contributed by atoms with Gasteiger partial charge in [0.05, 0.1) is 0 Å². The van der Waals surface area contributed by atoms with E-state index in [0.717, 1.165) is 0 Å². The van der Waals surface area contributed by atoms with Crippen molar-refractivity contribution in [3.05, 3.63) is 35.4 Å². The van der Waals surface area contributed by atoms with E-state index in [-0.39, 0.29) is 11.8 Å². The van der Waals surface area contributed by atoms with E-state index in [4.69, 9.17) is 4.74 Å². The molecule has 1 aromatic carbocycles. The molecule has 114 valence electrons. The molecule has 0 radical (unpaired) electrons. The first-order valence-corrected chi connectivity index (χ1v) is 7.70. The summed E-state index contributed by atoms with van der Waals surface area (Å²) in [6, 6.07) is 5.99. The Balaban J connectivity index is 2.35. The molecule has 5 nitrogen and oxygen atoms in total. The Kier molecular flexibility index (Phi) is 4.68. The molecule has 1 aliphatic heterocycles. The maximum atomic E-state index is 12.5. The van der Waals surface area contributed by atoms with Gasteiger partial charge in [-0.1, -0.05) is 32.0 Å². The third-order valence-corrected chi connectivity index (χ3v) is 3.61. The van der Waals surface area contributed by atoms with Crippen LogP contribution >= 0.6 is 15.9 Å². The zero-order chi connectivity index (χ0) is 15.7. The molecular weight excluding hydrogens is 338 g/mol. The lowest BCUT2D eigenvalue weighted by molar-refractivity contribution is -0.155. The predicted molar refractivity (Wildman–Crippen MR) is 80.7 cm³/mol. The summed E-state index contributed by atoms with van der Waals surface area (Å²) in [4.78, 5) is 26.0. The van der Waals surface area contributed by atoms with Gasteiger partial charge in [0.2, 0.25) is 0 Å². The van der Waals surface area contributed by atoms with E-state index < -0.39 is 23.3 Å². The Morgan fingerprint density at radius 1 is 1.33 bits per heavy atom. The first-order valence-electron chi connectivity index (χ1n) is 6.78. The molecule has 0 aliphatic carbocycles. The van der Waals surface area contributed by atoms with Crippen molar-refractivity contribution in [2.24, 2.45) is 5.92 Å². The Bertz CT molecular complexity index is 558. The SMILES string of the molecule is CC(Br)OC(=O)[C@@H](C(C)C)N1C(=O)c2ccccc2C1O. The van der Waals surface area contributed by atoms with Gasteiger partial charge in [0, 0.05) is 11.1 Å². The minimum Gasteiger partial charge on any atom is -0.449 e. The molecule has 6 heteroatoms. The van der Waals surface area contributed by atoms with Gasteiger partial charge in [-0.05, 0) is 34.8 Å². The maximum absolute atomic E-state index is 12.5. The van der Waals surface area contributed by atoms with Crippen LogP contribution in [0.4, 0.5) is 0 Å². The molecule has 1 N–H and O–H groups in total. The summed E-state index contributed by atoms with van der Waals surface area (Å²) in [6.45, 7) is 5.30. The van der Waals surface area contributed by atoms with E-state index in [2.05, 4.69) is 15.9 Å². The van der Waals surface area contributed by atoms with Gasteiger partial charge in [0.25, 0.3) is 5.91 Å². The van der Waals surface area contributed by atoms with Gasteiger partial charge in [-0.3, -0.25) is 9.69 Å². The zero-order valence-electron chi connectivity index (χ0n) is 12.1. The zero-order valence-corrected chi connectivity index (χ0v) is 13.7. The number of alkyl halides is 1. The highest BCUT2D eigenvalue weighted by molar-refractivity contribution is 9.09. The molecule has 1 heterocycles. The van der Waals surface area contributed by atoms with E-state index in [1.165, 1.54) is 4.90 Å². The minimum atomic E-state index is -1.13. The highest BCUT2D eigenvalue weighted by Gasteiger charge is 2.44. The molecule has 0 saturated heterocycles. The van der Waals surface area contributed by atoms with Crippen LogP contribution in [0.5, 0.6) is 0 Å². The van der Waals surface area contributed by atoms with Gasteiger partial charge in [-0.15, -0.1) is 0 Å². The molecular formula is C15H18BrNO4. The second kappa shape index (κ2) is 6.15. The normalized spacial score (nSPS) is 20.4. The van der Waals surface area contributed by atoms with Gasteiger partial charge >= 0.3 is 5.97 Å². The van der Waals surface area contributed by atoms with Crippen LogP contribution in [-0.4, -0.2) is 32.9 Å². The van der Waals surface area contributed by atoms with Crippen molar-refractivity contribution in [2.75, 3.05) is 0 Å². The van der Waals surface area contributed by atoms with Gasteiger partial charge < -0.3 is 9.84 Å². The number of rotatable bonds is 4. The lowest BCUT2D eigenvalue weighted by Crippen LogP contribution is -2.48. The number of benzene rings is 1. The van der Waals surface area contributed by atoms with Crippen LogP contribution in [0.1, 0.15) is 42.9 Å². The molecule has 0 spiro atoms. The Hall–Kier alpha value is -1.40. The summed E-state index contributed by atoms with van der Waals surface area (Å²) in [7, 11) is 0. The Morgan fingerprint density at radius 2 is 1.95 bits per heavy atom. The number of nitrogens with zero attached hydrogens (tertiary/aromatic N) is 1. The lowest BCUT2D eigenvalue weighted by atomic mass is 10.0. The second-order valence-corrected chi connectivity index (χ2v) is 6.63. The van der Waals surface area contributed by atoms with E-state index in [0.29, 0.717) is 11.1 Å². The van der Waals surface area contributed by atoms with Crippen LogP contribution in [0.3, 0.4) is 0 Å². The average molecular weight is 356 g/mol. The smallest absolute Gasteiger partial charge is 0.330 e. The molecule has 0 fully saturated rings. The Labute approximate surface area is 132 Å². The fraction of sp³-hybridized carbons (Fsp3) is 0.467. The van der Waals surface area contributed by atoms with E-state index in [9.17, 15) is 14.7 Å². The van der Waals surface area contributed by atoms with Crippen molar-refractivity contribution in [3.8, 4) is 0 Å². The molecule has 2 unspecified atom stereocenters. The third kappa shape index (κ3) is 2.96. The third-order valence-electron chi connectivity index (χ3n) is 3.42. The van der Waals surface area contributed by atoms with Gasteiger partial charge in [0.1, 0.15) is 6.04 Å². The number of aliphatic hydroxyl groups is 1. The number of ether oxygens (including phenoxy) is 1. The van der Waals surface area contributed by atoms with Crippen LogP contribution in [0.15, 0.2) is 24.3 Å². The van der Waals surface area contributed by atoms with Crippen molar-refractivity contribution in [2.45, 2.75) is 38.1 Å². The summed E-state index contributed by atoms with van der Waals surface area (Å²) >= 11 is 3.15. The highest BCUT2D eigenvalue weighted by Crippen LogP contribution is 2.35. The molecule has 1 aliphatic rings. The van der Waals surface area contributed by atoms with E-state index in [1.54, 1.807) is 31.2 Å². The maximum Gasteiger partial charge on any atom is 0.330 e. The number of carbonyl (C=O) groups is 2. The first kappa shape index (κ1) is 16.0. The van der Waals surface area contributed by atoms with Crippen LogP contribution in [0, 0.1) is 5.92 Å². The largest absolute Gasteiger partial charge is 0.449 e. The summed E-state index contributed by atoms with van der Waals surface area (Å²) in [5.74, 6) is -1.07. The quantitative estimate of drug-likeness (QED) is 0.665. The number of amides is 1. The number of halogens is 1. The van der Waals surface area contributed by atoms with Crippen molar-refractivity contribution < 1.29 is 19.4 Å². The topological polar surface area (TPSA) is 66.8 Å². The summed E-state index contributed by atoms with van der Waals surface area (Å²) in [6.07, 6.45) is -1.13. The minimum absolute atomic E-state index is 0.184. The molecule has 1 aromatic rings. The van der Waals surface area contributed by atoms with Crippen molar-refractivity contribution in [3.63, 3.8) is 0 Å². The van der Waals surface area contributed by atoms with E-state index in [1.807, 2.05) is 13.8 Å². The van der Waals surface area contributed by atoms with Gasteiger partial charge in [-0.2, -0.15) is 0 Å². The van der Waals surface area contributed by atoms with Crippen molar-refractivity contribution in [1.82, 2.24) is 4.90 Å². The average Bonchev–Trinajstić information content (AvgIpc) is 2.64. The van der Waals surface area contributed by atoms with E-state index >= 15 is 0 Å². The molecule has 0 aromatic heterocycles. The summed E-state index contributed by atoms with van der Waals surface area (Å²) in [5, 5.41) is 9.94. The molecule has 3 atom stereocenters. The lowest BCUT2D eigenvalue weighted by Gasteiger charge is -2.32. The number of hydrogen-bond donors (Lipinski definition) is 1. The van der Waals surface area contributed by atoms with Crippen LogP contribution in [0.2, 0.25) is 0 Å². The Morgan fingerprint density at radius 3 is 2.48 bits per heavy atom. The molecule has 1 amide bonds. The molecule has 21 heavy (non-hydrogen) atoms. The predicted octanol–water partition coefficient (Wildman–Crippen LogP) is 2.44. The number of fused-ring (bicyclic) bond motifs is 1. The number of aliphatic hydroxyl groups excluding tert-OH is 1. The number of esters is 1. The summed E-state index contributed by atoms with van der Waals surface area (Å²) in [5.41, 5.74) is 0.947. The standard InChI is InChI=1S/C15H18BrNO4/c1-8(2)12(15(20)21-9(3)16)17-13(18)10-6-4-5-7-11(10)14(17)19/h4-9,12-13,18H,1-3H3/t9?,12-,13?/m1/s1. The monoisotopic (exact) mass is 355 g/mol. The first-order chi connectivity index (χ1) is 9.84. The van der Waals surface area contributed by atoms with Gasteiger partial charge in [0.15, 0.2) is 11.2 Å². The second-order valence-electron chi connectivity index (χ2n) is 5.34. The van der Waals surface area contributed by atoms with Crippen LogP contribution < -0.4 is 0 Å². The van der Waals surface area contributed by atoms with Crippen molar-refractivity contribution in [1.29, 1.82) is 0 Å². The van der Waals surface area contributed by atoms with Crippen LogP contribution in [-0.2, 0) is 9.53 Å². The molecule has 0 saturated carbocycles. The highest BCUT2D eigenvalue weighted by atomic mass is 79.9. The number of carbonyl (C=O) groups excluding carboxylic acids is 2.